The van der Waals surface area contributed by atoms with Gasteiger partial charge in [-0.1, -0.05) is 30.3 Å². The lowest BCUT2D eigenvalue weighted by atomic mass is 10.2. The third-order valence-corrected chi connectivity index (χ3v) is 5.18. The number of benzene rings is 1. The molecule has 7 nitrogen and oxygen atoms in total. The van der Waals surface area contributed by atoms with Crippen LogP contribution in [0.3, 0.4) is 0 Å². The third kappa shape index (κ3) is 4.31. The Hall–Kier alpha value is -2.51. The molecule has 2 aromatic heterocycles. The van der Waals surface area contributed by atoms with Gasteiger partial charge in [0.1, 0.15) is 5.82 Å². The van der Waals surface area contributed by atoms with E-state index in [1.807, 2.05) is 36.0 Å². The van der Waals surface area contributed by atoms with E-state index in [1.165, 1.54) is 11.1 Å². The first-order chi connectivity index (χ1) is 13.6. The van der Waals surface area contributed by atoms with E-state index < -0.39 is 0 Å². The van der Waals surface area contributed by atoms with Crippen LogP contribution >= 0.6 is 0 Å². The molecule has 0 saturated carbocycles. The van der Waals surface area contributed by atoms with Crippen molar-refractivity contribution in [1.29, 1.82) is 0 Å². The van der Waals surface area contributed by atoms with Crippen LogP contribution in [0.5, 0.6) is 0 Å². The number of rotatable bonds is 7. The lowest BCUT2D eigenvalue weighted by Crippen LogP contribution is -2.25. The quantitative estimate of drug-likeness (QED) is 0.680. The summed E-state index contributed by atoms with van der Waals surface area (Å²) in [4.78, 5) is 6.99. The van der Waals surface area contributed by atoms with Crippen molar-refractivity contribution in [2.24, 2.45) is 0 Å². The van der Waals surface area contributed by atoms with E-state index in [0.717, 1.165) is 31.2 Å². The Balaban J connectivity index is 1.46. The summed E-state index contributed by atoms with van der Waals surface area (Å²) >= 11 is 0. The number of aromatic amines is 1. The maximum Gasteiger partial charge on any atom is 0.167 e. The van der Waals surface area contributed by atoms with Crippen molar-refractivity contribution in [3.63, 3.8) is 0 Å². The first-order valence-corrected chi connectivity index (χ1v) is 9.90. The summed E-state index contributed by atoms with van der Waals surface area (Å²) in [5.41, 5.74) is 2.40. The molecule has 1 saturated heterocycles. The Labute approximate surface area is 165 Å². The summed E-state index contributed by atoms with van der Waals surface area (Å²) in [6.07, 6.45) is 5.13. The molecule has 28 heavy (non-hydrogen) atoms. The molecule has 3 heterocycles. The molecule has 1 aliphatic heterocycles. The van der Waals surface area contributed by atoms with Crippen LogP contribution < -0.4 is 0 Å². The highest BCUT2D eigenvalue weighted by molar-refractivity contribution is 5.14. The van der Waals surface area contributed by atoms with Crippen molar-refractivity contribution in [3.05, 3.63) is 65.5 Å². The van der Waals surface area contributed by atoms with Gasteiger partial charge in [-0.25, -0.2) is 4.98 Å². The molecule has 7 heteroatoms. The fourth-order valence-electron chi connectivity index (χ4n) is 3.70. The summed E-state index contributed by atoms with van der Waals surface area (Å²) < 4.78 is 8.23. The van der Waals surface area contributed by atoms with Crippen molar-refractivity contribution >= 4 is 0 Å². The average Bonchev–Trinajstić information content (AvgIpc) is 3.41. The van der Waals surface area contributed by atoms with Gasteiger partial charge in [-0.05, 0) is 32.8 Å². The van der Waals surface area contributed by atoms with Gasteiger partial charge in [0.2, 0.25) is 0 Å². The van der Waals surface area contributed by atoms with Crippen LogP contribution in [0.1, 0.15) is 55.1 Å². The van der Waals surface area contributed by atoms with Crippen LogP contribution in [0, 0.1) is 6.92 Å². The normalized spacial score (nSPS) is 20.3. The maximum atomic E-state index is 6.23. The zero-order valence-corrected chi connectivity index (χ0v) is 16.7. The van der Waals surface area contributed by atoms with Gasteiger partial charge >= 0.3 is 0 Å². The SMILES string of the molecule is Cc1nc([C@@H]2C[C@H](OCc3ccccc3)CN2Cc2cnn(C(C)C)c2)n[nH]1. The van der Waals surface area contributed by atoms with Gasteiger partial charge in [0.15, 0.2) is 5.82 Å². The largest absolute Gasteiger partial charge is 0.372 e. The predicted octanol–water partition coefficient (Wildman–Crippen LogP) is 3.42. The van der Waals surface area contributed by atoms with Crippen molar-refractivity contribution in [2.75, 3.05) is 6.54 Å². The summed E-state index contributed by atoms with van der Waals surface area (Å²) in [6, 6.07) is 10.8. The Bertz CT molecular complexity index is 887. The highest BCUT2D eigenvalue weighted by atomic mass is 16.5. The molecule has 1 N–H and O–H groups in total. The summed E-state index contributed by atoms with van der Waals surface area (Å²) in [7, 11) is 0. The molecule has 0 aliphatic carbocycles. The van der Waals surface area contributed by atoms with Crippen molar-refractivity contribution in [2.45, 2.75) is 58.5 Å². The van der Waals surface area contributed by atoms with Crippen LogP contribution in [-0.4, -0.2) is 42.5 Å². The first-order valence-electron chi connectivity index (χ1n) is 9.90. The minimum Gasteiger partial charge on any atom is -0.372 e. The maximum absolute atomic E-state index is 6.23. The fourth-order valence-corrected chi connectivity index (χ4v) is 3.70. The van der Waals surface area contributed by atoms with Crippen LogP contribution in [-0.2, 0) is 17.9 Å². The van der Waals surface area contributed by atoms with Gasteiger partial charge in [0.25, 0.3) is 0 Å². The number of nitrogens with one attached hydrogen (secondary N) is 1. The molecule has 1 aromatic carbocycles. The van der Waals surface area contributed by atoms with Gasteiger partial charge in [-0.15, -0.1) is 0 Å². The molecule has 0 radical (unpaired) electrons. The Morgan fingerprint density at radius 1 is 1.21 bits per heavy atom. The predicted molar refractivity (Wildman–Crippen MR) is 107 cm³/mol. The second kappa shape index (κ2) is 8.24. The van der Waals surface area contributed by atoms with Crippen molar-refractivity contribution < 1.29 is 4.74 Å². The number of nitrogens with zero attached hydrogens (tertiary/aromatic N) is 5. The molecule has 0 bridgehead atoms. The fraction of sp³-hybridized carbons (Fsp3) is 0.476. The van der Waals surface area contributed by atoms with E-state index >= 15 is 0 Å². The second-order valence-corrected chi connectivity index (χ2v) is 7.80. The lowest BCUT2D eigenvalue weighted by molar-refractivity contribution is 0.0461. The monoisotopic (exact) mass is 380 g/mol. The minimum atomic E-state index is 0.146. The minimum absolute atomic E-state index is 0.146. The second-order valence-electron chi connectivity index (χ2n) is 7.80. The van der Waals surface area contributed by atoms with Gasteiger partial charge in [-0.3, -0.25) is 14.7 Å². The number of aromatic nitrogens is 5. The molecule has 3 aromatic rings. The van der Waals surface area contributed by atoms with E-state index in [9.17, 15) is 0 Å². The lowest BCUT2D eigenvalue weighted by Gasteiger charge is -2.21. The topological polar surface area (TPSA) is 71.9 Å². The van der Waals surface area contributed by atoms with Gasteiger partial charge in [-0.2, -0.15) is 10.2 Å². The number of hydrogen-bond donors (Lipinski definition) is 1. The number of H-pyrrole nitrogens is 1. The zero-order valence-electron chi connectivity index (χ0n) is 16.7. The Morgan fingerprint density at radius 3 is 2.71 bits per heavy atom. The summed E-state index contributed by atoms with van der Waals surface area (Å²) in [6.45, 7) is 8.52. The summed E-state index contributed by atoms with van der Waals surface area (Å²) in [5.74, 6) is 1.69. The van der Waals surface area contributed by atoms with E-state index in [2.05, 4.69) is 57.4 Å². The Morgan fingerprint density at radius 2 is 2.04 bits per heavy atom. The molecule has 0 spiro atoms. The highest BCUT2D eigenvalue weighted by Gasteiger charge is 2.36. The van der Waals surface area contributed by atoms with Crippen molar-refractivity contribution in [1.82, 2.24) is 29.9 Å². The molecule has 1 fully saturated rings. The van der Waals surface area contributed by atoms with Crippen LogP contribution in [0.25, 0.3) is 0 Å². The third-order valence-electron chi connectivity index (χ3n) is 5.18. The number of ether oxygens (including phenoxy) is 1. The van der Waals surface area contributed by atoms with E-state index in [0.29, 0.717) is 12.6 Å². The molecule has 148 valence electrons. The highest BCUT2D eigenvalue weighted by Crippen LogP contribution is 2.33. The molecule has 0 unspecified atom stereocenters. The number of likely N-dealkylation sites (tertiary alicyclic amines) is 1. The zero-order chi connectivity index (χ0) is 19.5. The van der Waals surface area contributed by atoms with Crippen LogP contribution in [0.4, 0.5) is 0 Å². The van der Waals surface area contributed by atoms with Gasteiger partial charge in [0.05, 0.1) is 24.9 Å². The Kier molecular flexibility index (Phi) is 5.54. The molecule has 2 atom stereocenters. The molecule has 0 amide bonds. The van der Waals surface area contributed by atoms with E-state index in [4.69, 9.17) is 4.74 Å². The van der Waals surface area contributed by atoms with Gasteiger partial charge < -0.3 is 4.74 Å². The summed E-state index contributed by atoms with van der Waals surface area (Å²) in [5, 5.41) is 11.9. The standard InChI is InChI=1S/C21H28N6O/c1-15(2)27-12-18(10-22-27)11-26-13-19(28-14-17-7-5-4-6-8-17)9-20(26)21-23-16(3)24-25-21/h4-8,10,12,15,19-20H,9,11,13-14H2,1-3H3,(H,23,24,25)/t19-,20-/m0/s1. The van der Waals surface area contributed by atoms with Gasteiger partial charge in [0, 0.05) is 30.9 Å². The molecular weight excluding hydrogens is 352 g/mol. The number of aryl methyl sites for hydroxylation is 1. The van der Waals surface area contributed by atoms with Crippen LogP contribution in [0.2, 0.25) is 0 Å². The smallest absolute Gasteiger partial charge is 0.167 e. The molecular formula is C21H28N6O. The average molecular weight is 380 g/mol. The van der Waals surface area contributed by atoms with E-state index in [-0.39, 0.29) is 12.1 Å². The molecule has 4 rings (SSSR count). The van der Waals surface area contributed by atoms with Crippen LogP contribution in [0.15, 0.2) is 42.7 Å². The van der Waals surface area contributed by atoms with Crippen molar-refractivity contribution in [3.8, 4) is 0 Å². The molecule has 1 aliphatic rings. The number of hydrogen-bond acceptors (Lipinski definition) is 5. The van der Waals surface area contributed by atoms with E-state index in [1.54, 1.807) is 0 Å². The first kappa shape index (κ1) is 18.8.